The van der Waals surface area contributed by atoms with Crippen molar-refractivity contribution < 1.29 is 0 Å². The lowest BCUT2D eigenvalue weighted by atomic mass is 9.68. The highest BCUT2D eigenvalue weighted by atomic mass is 35.5. The number of aromatic nitrogens is 3. The zero-order chi connectivity index (χ0) is 11.9. The first kappa shape index (κ1) is 11.0. The maximum atomic E-state index is 5.96. The molecule has 1 N–H and O–H groups in total. The second kappa shape index (κ2) is 3.96. The number of likely N-dealkylation sites (N-methyl/N-ethyl adjacent to an activating group) is 1. The molecule has 0 unspecified atom stereocenters. The maximum absolute atomic E-state index is 5.96. The Hall–Kier alpha value is -1.13. The van der Waals surface area contributed by atoms with E-state index in [0.29, 0.717) is 5.02 Å². The summed E-state index contributed by atoms with van der Waals surface area (Å²) in [6.45, 7) is 0.942. The van der Waals surface area contributed by atoms with Crippen LogP contribution in [0, 0.1) is 0 Å². The summed E-state index contributed by atoms with van der Waals surface area (Å²) < 4.78 is 1.80. The molecular formula is C12H15ClN4. The fourth-order valence-corrected chi connectivity index (χ4v) is 2.66. The summed E-state index contributed by atoms with van der Waals surface area (Å²) in [7, 11) is 1.98. The van der Waals surface area contributed by atoms with Crippen molar-refractivity contribution >= 4 is 17.2 Å². The molecule has 0 atom stereocenters. The lowest BCUT2D eigenvalue weighted by Gasteiger charge is -2.39. The van der Waals surface area contributed by atoms with Crippen molar-refractivity contribution in [3.05, 3.63) is 29.2 Å². The molecule has 0 aliphatic heterocycles. The topological polar surface area (TPSA) is 42.2 Å². The van der Waals surface area contributed by atoms with Gasteiger partial charge in [0, 0.05) is 29.2 Å². The van der Waals surface area contributed by atoms with Crippen LogP contribution in [0.2, 0.25) is 5.02 Å². The van der Waals surface area contributed by atoms with Crippen LogP contribution in [0.1, 0.15) is 25.1 Å². The number of fused-ring (bicyclic) bond motifs is 1. The fourth-order valence-electron chi connectivity index (χ4n) is 2.50. The zero-order valence-corrected chi connectivity index (χ0v) is 10.5. The van der Waals surface area contributed by atoms with E-state index in [1.807, 2.05) is 25.4 Å². The molecule has 3 rings (SSSR count). The Bertz CT molecular complexity index is 544. The molecule has 0 bridgehead atoms. The van der Waals surface area contributed by atoms with E-state index in [1.165, 1.54) is 19.3 Å². The van der Waals surface area contributed by atoms with Crippen LogP contribution in [0.4, 0.5) is 0 Å². The molecule has 2 aromatic heterocycles. The Morgan fingerprint density at radius 1 is 1.53 bits per heavy atom. The van der Waals surface area contributed by atoms with Gasteiger partial charge < -0.3 is 5.32 Å². The largest absolute Gasteiger partial charge is 0.319 e. The van der Waals surface area contributed by atoms with Crippen LogP contribution in [0.3, 0.4) is 0 Å². The third kappa shape index (κ3) is 1.72. The van der Waals surface area contributed by atoms with Gasteiger partial charge in [-0.15, -0.1) is 0 Å². The van der Waals surface area contributed by atoms with Gasteiger partial charge in [0.15, 0.2) is 11.5 Å². The molecule has 0 spiro atoms. The van der Waals surface area contributed by atoms with Crippen molar-refractivity contribution in [3.63, 3.8) is 0 Å². The number of hydrogen-bond acceptors (Lipinski definition) is 3. The first-order valence-electron chi connectivity index (χ1n) is 5.91. The van der Waals surface area contributed by atoms with Crippen molar-refractivity contribution in [2.45, 2.75) is 24.7 Å². The van der Waals surface area contributed by atoms with Crippen LogP contribution in [-0.4, -0.2) is 28.2 Å². The minimum Gasteiger partial charge on any atom is -0.319 e. The monoisotopic (exact) mass is 250 g/mol. The Balaban J connectivity index is 2.05. The highest BCUT2D eigenvalue weighted by Crippen LogP contribution is 2.41. The molecule has 1 saturated carbocycles. The molecule has 5 heteroatoms. The number of nitrogens with zero attached hydrogens (tertiary/aromatic N) is 3. The molecule has 0 amide bonds. The van der Waals surface area contributed by atoms with Gasteiger partial charge in [-0.2, -0.15) is 5.10 Å². The molecule has 0 saturated heterocycles. The van der Waals surface area contributed by atoms with Gasteiger partial charge in [0.05, 0.1) is 0 Å². The molecule has 1 aliphatic carbocycles. The Kier molecular flexibility index (Phi) is 2.56. The van der Waals surface area contributed by atoms with Crippen LogP contribution in [-0.2, 0) is 5.41 Å². The third-order valence-corrected chi connectivity index (χ3v) is 3.83. The quantitative estimate of drug-likeness (QED) is 0.906. The van der Waals surface area contributed by atoms with Gasteiger partial charge in [-0.25, -0.2) is 9.50 Å². The highest BCUT2D eigenvalue weighted by Gasteiger charge is 2.41. The Morgan fingerprint density at radius 3 is 3.00 bits per heavy atom. The van der Waals surface area contributed by atoms with E-state index in [2.05, 4.69) is 15.4 Å². The van der Waals surface area contributed by atoms with Crippen molar-refractivity contribution in [2.24, 2.45) is 0 Å². The second-order valence-corrected chi connectivity index (χ2v) is 5.18. The van der Waals surface area contributed by atoms with Crippen LogP contribution in [0.15, 0.2) is 18.3 Å². The molecule has 4 nitrogen and oxygen atoms in total. The number of halogens is 1. The Labute approximate surface area is 105 Å². The predicted molar refractivity (Wildman–Crippen MR) is 67.5 cm³/mol. The molecule has 17 heavy (non-hydrogen) atoms. The van der Waals surface area contributed by atoms with Gasteiger partial charge >= 0.3 is 0 Å². The predicted octanol–water partition coefficient (Wildman–Crippen LogP) is 2.02. The first-order chi connectivity index (χ1) is 8.23. The smallest absolute Gasteiger partial charge is 0.159 e. The summed E-state index contributed by atoms with van der Waals surface area (Å²) in [6.07, 6.45) is 5.45. The van der Waals surface area contributed by atoms with Crippen molar-refractivity contribution in [1.29, 1.82) is 0 Å². The normalized spacial score (nSPS) is 18.2. The molecule has 0 aromatic carbocycles. The lowest BCUT2D eigenvalue weighted by Crippen LogP contribution is -2.43. The Morgan fingerprint density at radius 2 is 2.35 bits per heavy atom. The number of nitrogens with one attached hydrogen (secondary N) is 1. The average molecular weight is 251 g/mol. The molecule has 2 heterocycles. The van der Waals surface area contributed by atoms with E-state index in [4.69, 9.17) is 11.6 Å². The highest BCUT2D eigenvalue weighted by molar-refractivity contribution is 6.30. The second-order valence-electron chi connectivity index (χ2n) is 4.75. The van der Waals surface area contributed by atoms with E-state index in [1.54, 1.807) is 4.52 Å². The SMILES string of the molecule is CNCC1(c2nc3cc(Cl)ccn3n2)CCC1. The van der Waals surface area contributed by atoms with Crippen LogP contribution in [0.5, 0.6) is 0 Å². The summed E-state index contributed by atoms with van der Waals surface area (Å²) >= 11 is 5.96. The minimum absolute atomic E-state index is 0.132. The van der Waals surface area contributed by atoms with Crippen LogP contribution in [0.25, 0.3) is 5.65 Å². The van der Waals surface area contributed by atoms with E-state index in [-0.39, 0.29) is 5.41 Å². The number of hydrogen-bond donors (Lipinski definition) is 1. The van der Waals surface area contributed by atoms with Gasteiger partial charge in [0.1, 0.15) is 0 Å². The minimum atomic E-state index is 0.132. The van der Waals surface area contributed by atoms with Crippen molar-refractivity contribution in [1.82, 2.24) is 19.9 Å². The molecular weight excluding hydrogens is 236 g/mol. The van der Waals surface area contributed by atoms with Crippen LogP contribution >= 0.6 is 11.6 Å². The molecule has 90 valence electrons. The summed E-state index contributed by atoms with van der Waals surface area (Å²) in [5.41, 5.74) is 0.961. The van der Waals surface area contributed by atoms with Crippen molar-refractivity contribution in [2.75, 3.05) is 13.6 Å². The zero-order valence-electron chi connectivity index (χ0n) is 9.78. The van der Waals surface area contributed by atoms with Crippen molar-refractivity contribution in [3.8, 4) is 0 Å². The van der Waals surface area contributed by atoms with E-state index in [0.717, 1.165) is 18.0 Å². The third-order valence-electron chi connectivity index (χ3n) is 3.60. The van der Waals surface area contributed by atoms with E-state index in [9.17, 15) is 0 Å². The van der Waals surface area contributed by atoms with Crippen LogP contribution < -0.4 is 5.32 Å². The van der Waals surface area contributed by atoms with Gasteiger partial charge in [-0.1, -0.05) is 18.0 Å². The van der Waals surface area contributed by atoms with E-state index >= 15 is 0 Å². The van der Waals surface area contributed by atoms with Gasteiger partial charge in [0.2, 0.25) is 0 Å². The molecule has 0 radical (unpaired) electrons. The van der Waals surface area contributed by atoms with Gasteiger partial charge in [0.25, 0.3) is 0 Å². The first-order valence-corrected chi connectivity index (χ1v) is 6.28. The molecule has 1 fully saturated rings. The summed E-state index contributed by atoms with van der Waals surface area (Å²) in [6, 6.07) is 3.68. The molecule has 1 aliphatic rings. The number of rotatable bonds is 3. The summed E-state index contributed by atoms with van der Waals surface area (Å²) in [5.74, 6) is 0.945. The number of pyridine rings is 1. The average Bonchev–Trinajstić information content (AvgIpc) is 2.66. The maximum Gasteiger partial charge on any atom is 0.159 e. The van der Waals surface area contributed by atoms with Gasteiger partial charge in [-0.3, -0.25) is 0 Å². The molecule has 2 aromatic rings. The van der Waals surface area contributed by atoms with Gasteiger partial charge in [-0.05, 0) is 26.0 Å². The summed E-state index contributed by atoms with van der Waals surface area (Å²) in [4.78, 5) is 4.61. The fraction of sp³-hybridized carbons (Fsp3) is 0.500. The van der Waals surface area contributed by atoms with E-state index < -0.39 is 0 Å². The summed E-state index contributed by atoms with van der Waals surface area (Å²) in [5, 5.41) is 8.52. The lowest BCUT2D eigenvalue weighted by molar-refractivity contribution is 0.225. The standard InChI is InChI=1S/C12H15ClN4/c1-14-8-12(4-2-5-12)11-15-10-7-9(13)3-6-17(10)16-11/h3,6-7,14H,2,4-5,8H2,1H3.